The molecule has 0 atom stereocenters. The Hall–Kier alpha value is -0.620. The van der Waals surface area contributed by atoms with Crippen LogP contribution >= 0.6 is 15.9 Å². The van der Waals surface area contributed by atoms with Crippen LogP contribution in [0.5, 0.6) is 5.75 Å². The molecule has 0 saturated carbocycles. The monoisotopic (exact) mass is 317 g/mol. The first-order valence-corrected chi connectivity index (χ1v) is 6.75. The van der Waals surface area contributed by atoms with E-state index in [9.17, 15) is 0 Å². The Kier molecular flexibility index (Phi) is 8.00. The van der Waals surface area contributed by atoms with Gasteiger partial charge in [0.05, 0.1) is 6.61 Å². The van der Waals surface area contributed by atoms with E-state index in [0.717, 1.165) is 28.8 Å². The maximum absolute atomic E-state index is 5.68. The van der Waals surface area contributed by atoms with Crippen LogP contribution < -0.4 is 10.5 Å². The third-order valence-electron chi connectivity index (χ3n) is 2.40. The van der Waals surface area contributed by atoms with E-state index in [1.807, 2.05) is 18.2 Å². The Labute approximate surface area is 117 Å². The summed E-state index contributed by atoms with van der Waals surface area (Å²) >= 11 is 3.45. The lowest BCUT2D eigenvalue weighted by molar-refractivity contribution is 0.0804. The molecule has 0 radical (unpaired) electrons. The van der Waals surface area contributed by atoms with Gasteiger partial charge in [-0.2, -0.15) is 0 Å². The minimum absolute atomic E-state index is 0.450. The van der Waals surface area contributed by atoms with Crippen LogP contribution in [0.1, 0.15) is 12.0 Å². The topological polar surface area (TPSA) is 53.7 Å². The van der Waals surface area contributed by atoms with Crippen LogP contribution in [0.3, 0.4) is 0 Å². The second-order valence-corrected chi connectivity index (χ2v) is 4.58. The predicted molar refractivity (Wildman–Crippen MR) is 74.8 cm³/mol. The summed E-state index contributed by atoms with van der Waals surface area (Å²) in [5, 5.41) is 0. The molecular formula is C13H20BrNO3. The Morgan fingerprint density at radius 3 is 2.72 bits per heavy atom. The maximum Gasteiger partial charge on any atom is 0.125 e. The zero-order valence-corrected chi connectivity index (χ0v) is 12.2. The second kappa shape index (κ2) is 9.33. The van der Waals surface area contributed by atoms with Crippen LogP contribution in [0, 0.1) is 0 Å². The summed E-state index contributed by atoms with van der Waals surface area (Å²) in [6, 6.07) is 5.80. The fraction of sp³-hybridized carbons (Fsp3) is 0.538. The molecule has 0 aliphatic heterocycles. The largest absolute Gasteiger partial charge is 0.491 e. The van der Waals surface area contributed by atoms with E-state index in [1.165, 1.54) is 0 Å². The normalized spacial score (nSPS) is 10.6. The van der Waals surface area contributed by atoms with Crippen molar-refractivity contribution < 1.29 is 14.2 Å². The van der Waals surface area contributed by atoms with Crippen LogP contribution in [0.4, 0.5) is 0 Å². The lowest BCUT2D eigenvalue weighted by atomic mass is 10.2. The molecule has 1 aromatic carbocycles. The van der Waals surface area contributed by atoms with Crippen LogP contribution in [-0.4, -0.2) is 33.5 Å². The van der Waals surface area contributed by atoms with Crippen molar-refractivity contribution in [3.05, 3.63) is 28.2 Å². The van der Waals surface area contributed by atoms with Gasteiger partial charge in [-0.1, -0.05) is 22.0 Å². The van der Waals surface area contributed by atoms with E-state index in [2.05, 4.69) is 15.9 Å². The van der Waals surface area contributed by atoms with Crippen molar-refractivity contribution in [2.75, 3.05) is 33.5 Å². The van der Waals surface area contributed by atoms with Crippen molar-refractivity contribution >= 4 is 15.9 Å². The summed E-state index contributed by atoms with van der Waals surface area (Å²) in [6.07, 6.45) is 0.904. The average Bonchev–Trinajstić information content (AvgIpc) is 2.38. The van der Waals surface area contributed by atoms with Crippen molar-refractivity contribution in [3.63, 3.8) is 0 Å². The highest BCUT2D eigenvalue weighted by atomic mass is 79.9. The number of nitrogens with two attached hydrogens (primary N) is 1. The van der Waals surface area contributed by atoms with Crippen molar-refractivity contribution in [3.8, 4) is 5.75 Å². The van der Waals surface area contributed by atoms with Crippen molar-refractivity contribution in [1.82, 2.24) is 0 Å². The highest BCUT2D eigenvalue weighted by Gasteiger charge is 2.05. The van der Waals surface area contributed by atoms with E-state index in [4.69, 9.17) is 19.9 Å². The molecule has 0 heterocycles. The summed E-state index contributed by atoms with van der Waals surface area (Å²) in [6.45, 7) is 2.96. The molecule has 0 bridgehead atoms. The molecule has 4 nitrogen and oxygen atoms in total. The van der Waals surface area contributed by atoms with E-state index >= 15 is 0 Å². The molecule has 0 aliphatic carbocycles. The SMILES string of the molecule is COCCCOCCOc1cccc(Br)c1CN. The number of ether oxygens (including phenoxy) is 3. The lowest BCUT2D eigenvalue weighted by Crippen LogP contribution is -2.10. The molecule has 2 N–H and O–H groups in total. The van der Waals surface area contributed by atoms with E-state index in [1.54, 1.807) is 7.11 Å². The van der Waals surface area contributed by atoms with E-state index in [0.29, 0.717) is 26.4 Å². The smallest absolute Gasteiger partial charge is 0.125 e. The van der Waals surface area contributed by atoms with Crippen molar-refractivity contribution in [2.24, 2.45) is 5.73 Å². The van der Waals surface area contributed by atoms with Crippen molar-refractivity contribution in [2.45, 2.75) is 13.0 Å². The Morgan fingerprint density at radius 1 is 1.17 bits per heavy atom. The first kappa shape index (κ1) is 15.4. The third-order valence-corrected chi connectivity index (χ3v) is 3.15. The molecule has 1 aromatic rings. The van der Waals surface area contributed by atoms with Gasteiger partial charge in [0.2, 0.25) is 0 Å². The number of benzene rings is 1. The average molecular weight is 318 g/mol. The predicted octanol–water partition coefficient (Wildman–Crippen LogP) is 2.34. The second-order valence-electron chi connectivity index (χ2n) is 3.73. The summed E-state index contributed by atoms with van der Waals surface area (Å²) in [5.74, 6) is 0.812. The quantitative estimate of drug-likeness (QED) is 0.710. The zero-order chi connectivity index (χ0) is 13.2. The molecule has 102 valence electrons. The van der Waals surface area contributed by atoms with Gasteiger partial charge in [0.25, 0.3) is 0 Å². The van der Waals surface area contributed by atoms with Gasteiger partial charge >= 0.3 is 0 Å². The molecule has 0 aliphatic rings. The molecule has 0 saturated heterocycles. The van der Waals surface area contributed by atoms with Gasteiger partial charge < -0.3 is 19.9 Å². The van der Waals surface area contributed by atoms with Crippen LogP contribution in [0.15, 0.2) is 22.7 Å². The van der Waals surface area contributed by atoms with Crippen LogP contribution in [0.25, 0.3) is 0 Å². The van der Waals surface area contributed by atoms with Gasteiger partial charge in [-0.15, -0.1) is 0 Å². The maximum atomic E-state index is 5.68. The first-order valence-electron chi connectivity index (χ1n) is 5.96. The fourth-order valence-corrected chi connectivity index (χ4v) is 2.00. The summed E-state index contributed by atoms with van der Waals surface area (Å²) < 4.78 is 17.0. The number of hydrogen-bond acceptors (Lipinski definition) is 4. The molecule has 0 amide bonds. The first-order chi connectivity index (χ1) is 8.79. The Bertz CT molecular complexity index is 347. The van der Waals surface area contributed by atoms with Gasteiger partial charge in [-0.3, -0.25) is 0 Å². The standard InChI is InChI=1S/C13H20BrNO3/c1-16-6-3-7-17-8-9-18-13-5-2-4-12(14)11(13)10-15/h2,4-5H,3,6-10,15H2,1H3. The number of rotatable bonds is 9. The van der Waals surface area contributed by atoms with Gasteiger partial charge in [0, 0.05) is 36.9 Å². The highest BCUT2D eigenvalue weighted by Crippen LogP contribution is 2.26. The molecule has 0 unspecified atom stereocenters. The molecule has 1 rings (SSSR count). The number of hydrogen-bond donors (Lipinski definition) is 1. The molecule has 18 heavy (non-hydrogen) atoms. The van der Waals surface area contributed by atoms with E-state index in [-0.39, 0.29) is 0 Å². The molecule has 0 fully saturated rings. The minimum Gasteiger partial charge on any atom is -0.491 e. The van der Waals surface area contributed by atoms with E-state index < -0.39 is 0 Å². The highest BCUT2D eigenvalue weighted by molar-refractivity contribution is 9.10. The van der Waals surface area contributed by atoms with Gasteiger partial charge in [-0.05, 0) is 18.6 Å². The Balaban J connectivity index is 2.25. The van der Waals surface area contributed by atoms with Crippen LogP contribution in [0.2, 0.25) is 0 Å². The number of methoxy groups -OCH3 is 1. The number of halogens is 1. The van der Waals surface area contributed by atoms with Gasteiger partial charge in [0.1, 0.15) is 12.4 Å². The summed E-state index contributed by atoms with van der Waals surface area (Å²) in [4.78, 5) is 0. The Morgan fingerprint density at radius 2 is 2.00 bits per heavy atom. The molecule has 5 heteroatoms. The third kappa shape index (κ3) is 5.35. The minimum atomic E-state index is 0.450. The van der Waals surface area contributed by atoms with Gasteiger partial charge in [0.15, 0.2) is 0 Å². The summed E-state index contributed by atoms with van der Waals surface area (Å²) in [7, 11) is 1.69. The molecule has 0 spiro atoms. The van der Waals surface area contributed by atoms with Crippen molar-refractivity contribution in [1.29, 1.82) is 0 Å². The summed E-state index contributed by atoms with van der Waals surface area (Å²) in [5.41, 5.74) is 6.66. The zero-order valence-electron chi connectivity index (χ0n) is 10.7. The lowest BCUT2D eigenvalue weighted by Gasteiger charge is -2.11. The van der Waals surface area contributed by atoms with Gasteiger partial charge in [-0.25, -0.2) is 0 Å². The molecule has 0 aromatic heterocycles. The van der Waals surface area contributed by atoms with Crippen LogP contribution in [-0.2, 0) is 16.0 Å². The fourth-order valence-electron chi connectivity index (χ4n) is 1.49. The molecular weight excluding hydrogens is 298 g/mol.